The predicted octanol–water partition coefficient (Wildman–Crippen LogP) is 2.07. The summed E-state index contributed by atoms with van der Waals surface area (Å²) in [6.45, 7) is 8.48. The summed E-state index contributed by atoms with van der Waals surface area (Å²) in [5, 5.41) is 0. The normalized spacial score (nSPS) is 15.3. The molecule has 0 aromatic heterocycles. The van der Waals surface area contributed by atoms with Crippen LogP contribution in [0.1, 0.15) is 40.5 Å². The first-order valence-corrected chi connectivity index (χ1v) is 7.41. The Kier molecular flexibility index (Phi) is 5.50. The quantitative estimate of drug-likeness (QED) is 0.695. The number of carbonyl (C=O) groups is 2. The van der Waals surface area contributed by atoms with Gasteiger partial charge in [0, 0.05) is 10.8 Å². The van der Waals surface area contributed by atoms with E-state index >= 15 is 0 Å². The summed E-state index contributed by atoms with van der Waals surface area (Å²) in [4.78, 5) is 25.3. The Morgan fingerprint density at radius 1 is 1.33 bits per heavy atom. The lowest BCUT2D eigenvalue weighted by molar-refractivity contribution is -0.148. The van der Waals surface area contributed by atoms with E-state index in [1.165, 1.54) is 0 Å². The van der Waals surface area contributed by atoms with Crippen LogP contribution in [0.25, 0.3) is 0 Å². The highest BCUT2D eigenvalue weighted by Crippen LogP contribution is 2.29. The summed E-state index contributed by atoms with van der Waals surface area (Å²) in [6.07, 6.45) is 2.01. The molecule has 0 spiro atoms. The molecule has 1 aliphatic rings. The first kappa shape index (κ1) is 15.3. The van der Waals surface area contributed by atoms with Gasteiger partial charge in [0.15, 0.2) is 0 Å². The lowest BCUT2D eigenvalue weighted by Crippen LogP contribution is -2.39. The third-order valence-corrected chi connectivity index (χ3v) is 3.80. The number of ether oxygens (including phenoxy) is 1. The topological polar surface area (TPSA) is 46.6 Å². The summed E-state index contributed by atoms with van der Waals surface area (Å²) in [5.41, 5.74) is 0. The van der Waals surface area contributed by atoms with Gasteiger partial charge in [0.05, 0.1) is 12.4 Å². The molecule has 18 heavy (non-hydrogen) atoms. The van der Waals surface area contributed by atoms with Crippen LogP contribution in [0, 0.1) is 0 Å². The van der Waals surface area contributed by atoms with Crippen LogP contribution in [0.5, 0.6) is 0 Å². The molecule has 0 aromatic rings. The van der Waals surface area contributed by atoms with E-state index in [1.807, 2.05) is 0 Å². The maximum atomic E-state index is 12.1. The number of thioether (sulfide) groups is 1. The van der Waals surface area contributed by atoms with E-state index in [4.69, 9.17) is 4.74 Å². The van der Waals surface area contributed by atoms with Crippen molar-refractivity contribution in [3.05, 3.63) is 0 Å². The van der Waals surface area contributed by atoms with E-state index < -0.39 is 0 Å². The summed E-state index contributed by atoms with van der Waals surface area (Å²) in [6, 6.07) is 0.252. The van der Waals surface area contributed by atoms with Crippen molar-refractivity contribution in [1.82, 2.24) is 4.90 Å². The Labute approximate surface area is 113 Å². The Morgan fingerprint density at radius 2 is 1.94 bits per heavy atom. The zero-order valence-electron chi connectivity index (χ0n) is 11.7. The van der Waals surface area contributed by atoms with E-state index in [0.29, 0.717) is 12.4 Å². The van der Waals surface area contributed by atoms with Gasteiger partial charge >= 0.3 is 5.97 Å². The van der Waals surface area contributed by atoms with Gasteiger partial charge in [0.1, 0.15) is 6.54 Å². The van der Waals surface area contributed by atoms with Gasteiger partial charge in [-0.1, -0.05) is 20.8 Å². The van der Waals surface area contributed by atoms with Crippen LogP contribution in [-0.4, -0.2) is 46.5 Å². The Morgan fingerprint density at radius 3 is 2.39 bits per heavy atom. The highest BCUT2D eigenvalue weighted by Gasteiger charge is 2.34. The van der Waals surface area contributed by atoms with Gasteiger partial charge in [-0.3, -0.25) is 9.59 Å². The van der Waals surface area contributed by atoms with Gasteiger partial charge in [0.2, 0.25) is 5.91 Å². The van der Waals surface area contributed by atoms with Crippen molar-refractivity contribution in [3.8, 4) is 0 Å². The maximum absolute atomic E-state index is 12.1. The monoisotopic (exact) mass is 273 g/mol. The van der Waals surface area contributed by atoms with Crippen molar-refractivity contribution >= 4 is 23.6 Å². The van der Waals surface area contributed by atoms with E-state index in [2.05, 4.69) is 20.8 Å². The average molecular weight is 273 g/mol. The zero-order chi connectivity index (χ0) is 13.8. The van der Waals surface area contributed by atoms with Gasteiger partial charge in [-0.2, -0.15) is 0 Å². The molecule has 1 aliphatic carbocycles. The van der Waals surface area contributed by atoms with Crippen molar-refractivity contribution in [3.63, 3.8) is 0 Å². The van der Waals surface area contributed by atoms with Crippen LogP contribution < -0.4 is 0 Å². The Bertz CT molecular complexity index is 308. The van der Waals surface area contributed by atoms with Crippen LogP contribution in [0.2, 0.25) is 0 Å². The standard InChI is InChI=1S/C13H23NO3S/c1-5-17-12(16)8-14(10-6-7-10)11(15)9-18-13(2,3)4/h10H,5-9H2,1-4H3. The number of amides is 1. The number of rotatable bonds is 6. The van der Waals surface area contributed by atoms with Crippen molar-refractivity contribution < 1.29 is 14.3 Å². The minimum Gasteiger partial charge on any atom is -0.465 e. The van der Waals surface area contributed by atoms with E-state index in [9.17, 15) is 9.59 Å². The van der Waals surface area contributed by atoms with E-state index in [1.54, 1.807) is 23.6 Å². The molecule has 1 fully saturated rings. The second-order valence-electron chi connectivity index (χ2n) is 5.46. The van der Waals surface area contributed by atoms with Crippen molar-refractivity contribution in [2.75, 3.05) is 18.9 Å². The summed E-state index contributed by atoms with van der Waals surface area (Å²) in [5.74, 6) is 0.170. The third-order valence-electron chi connectivity index (χ3n) is 2.54. The highest BCUT2D eigenvalue weighted by atomic mass is 32.2. The van der Waals surface area contributed by atoms with Gasteiger partial charge in [-0.15, -0.1) is 11.8 Å². The molecule has 1 saturated carbocycles. The summed E-state index contributed by atoms with van der Waals surface area (Å²) >= 11 is 1.61. The van der Waals surface area contributed by atoms with Crippen molar-refractivity contribution in [1.29, 1.82) is 0 Å². The van der Waals surface area contributed by atoms with Gasteiger partial charge < -0.3 is 9.64 Å². The Balaban J connectivity index is 2.46. The SMILES string of the molecule is CCOC(=O)CN(C(=O)CSC(C)(C)C)C1CC1. The fourth-order valence-corrected chi connectivity index (χ4v) is 2.24. The molecule has 0 radical (unpaired) electrons. The largest absolute Gasteiger partial charge is 0.465 e. The molecule has 0 bridgehead atoms. The number of hydrogen-bond acceptors (Lipinski definition) is 4. The highest BCUT2D eigenvalue weighted by molar-refractivity contribution is 8.01. The van der Waals surface area contributed by atoms with Crippen LogP contribution >= 0.6 is 11.8 Å². The van der Waals surface area contributed by atoms with E-state index in [-0.39, 0.29) is 29.2 Å². The van der Waals surface area contributed by atoms with Crippen LogP contribution in [0.3, 0.4) is 0 Å². The van der Waals surface area contributed by atoms with Gasteiger partial charge in [0.25, 0.3) is 0 Å². The summed E-state index contributed by atoms with van der Waals surface area (Å²) < 4.78 is 4.97. The van der Waals surface area contributed by atoms with E-state index in [0.717, 1.165) is 12.8 Å². The molecular weight excluding hydrogens is 250 g/mol. The molecule has 104 valence electrons. The first-order valence-electron chi connectivity index (χ1n) is 6.42. The van der Waals surface area contributed by atoms with Crippen LogP contribution in [-0.2, 0) is 14.3 Å². The second kappa shape index (κ2) is 6.45. The number of hydrogen-bond donors (Lipinski definition) is 0. The zero-order valence-corrected chi connectivity index (χ0v) is 12.5. The van der Waals surface area contributed by atoms with Crippen LogP contribution in [0.15, 0.2) is 0 Å². The molecule has 5 heteroatoms. The molecular formula is C13H23NO3S. The lowest BCUT2D eigenvalue weighted by Gasteiger charge is -2.23. The fourth-order valence-electron chi connectivity index (χ4n) is 1.51. The number of carbonyl (C=O) groups excluding carboxylic acids is 2. The minimum atomic E-state index is -0.307. The van der Waals surface area contributed by atoms with Gasteiger partial charge in [-0.25, -0.2) is 0 Å². The molecule has 1 amide bonds. The molecule has 4 nitrogen and oxygen atoms in total. The molecule has 0 unspecified atom stereocenters. The maximum Gasteiger partial charge on any atom is 0.325 e. The summed E-state index contributed by atoms with van der Waals surface area (Å²) in [7, 11) is 0. The minimum absolute atomic E-state index is 0.0467. The van der Waals surface area contributed by atoms with Crippen molar-refractivity contribution in [2.24, 2.45) is 0 Å². The molecule has 0 N–H and O–H groups in total. The molecule has 1 rings (SSSR count). The molecule has 0 heterocycles. The molecule has 0 aliphatic heterocycles. The van der Waals surface area contributed by atoms with Crippen molar-refractivity contribution in [2.45, 2.75) is 51.3 Å². The second-order valence-corrected chi connectivity index (χ2v) is 7.26. The number of nitrogens with zero attached hydrogens (tertiary/aromatic N) is 1. The fraction of sp³-hybridized carbons (Fsp3) is 0.846. The average Bonchev–Trinajstić information content (AvgIpc) is 3.06. The molecule has 0 atom stereocenters. The molecule has 0 saturated heterocycles. The Hall–Kier alpha value is -0.710. The first-order chi connectivity index (χ1) is 8.33. The lowest BCUT2D eigenvalue weighted by atomic mass is 10.3. The predicted molar refractivity (Wildman–Crippen MR) is 73.6 cm³/mol. The van der Waals surface area contributed by atoms with Gasteiger partial charge in [-0.05, 0) is 19.8 Å². The smallest absolute Gasteiger partial charge is 0.325 e. The molecule has 0 aromatic carbocycles. The number of esters is 1. The third kappa shape index (κ3) is 5.76. The van der Waals surface area contributed by atoms with Crippen LogP contribution in [0.4, 0.5) is 0 Å².